The third kappa shape index (κ3) is 3.77. The molecule has 0 aliphatic rings. The SMILES string of the molecule is CCc1cc(C(=O)Nc2cc(F)c(Br)cc2F)cc(Cl)n1. The number of pyridine rings is 1. The van der Waals surface area contributed by atoms with Gasteiger partial charge in [-0.3, -0.25) is 4.79 Å². The van der Waals surface area contributed by atoms with Crippen LogP contribution in [0.5, 0.6) is 0 Å². The van der Waals surface area contributed by atoms with Gasteiger partial charge in [-0.15, -0.1) is 0 Å². The third-order valence-corrected chi connectivity index (χ3v) is 3.53. The van der Waals surface area contributed by atoms with Crippen LogP contribution in [0.15, 0.2) is 28.7 Å². The molecule has 0 spiro atoms. The molecule has 0 bridgehead atoms. The molecule has 0 unspecified atom stereocenters. The number of aromatic nitrogens is 1. The summed E-state index contributed by atoms with van der Waals surface area (Å²) in [6.45, 7) is 1.87. The standard InChI is InChI=1S/C14H10BrClF2N2O/c1-2-8-3-7(4-13(16)19-8)14(21)20-12-6-10(17)9(15)5-11(12)18/h3-6H,2H2,1H3,(H,20,21). The van der Waals surface area contributed by atoms with Crippen molar-refractivity contribution in [1.29, 1.82) is 0 Å². The molecule has 1 aromatic carbocycles. The van der Waals surface area contributed by atoms with E-state index in [0.29, 0.717) is 12.1 Å². The van der Waals surface area contributed by atoms with Gasteiger partial charge in [0, 0.05) is 17.3 Å². The van der Waals surface area contributed by atoms with Crippen molar-refractivity contribution in [3.05, 3.63) is 56.8 Å². The summed E-state index contributed by atoms with van der Waals surface area (Å²) >= 11 is 8.69. The molecule has 3 nitrogen and oxygen atoms in total. The summed E-state index contributed by atoms with van der Waals surface area (Å²) in [6, 6.07) is 4.76. The van der Waals surface area contributed by atoms with Gasteiger partial charge in [0.15, 0.2) is 0 Å². The molecule has 21 heavy (non-hydrogen) atoms. The van der Waals surface area contributed by atoms with Gasteiger partial charge in [0.1, 0.15) is 16.8 Å². The number of aryl methyl sites for hydroxylation is 1. The second-order valence-electron chi connectivity index (χ2n) is 4.22. The van der Waals surface area contributed by atoms with E-state index in [9.17, 15) is 13.6 Å². The van der Waals surface area contributed by atoms with E-state index in [0.717, 1.165) is 12.1 Å². The number of carbonyl (C=O) groups is 1. The molecule has 0 aliphatic heterocycles. The fraction of sp³-hybridized carbons (Fsp3) is 0.143. The van der Waals surface area contributed by atoms with Crippen LogP contribution in [0.1, 0.15) is 23.0 Å². The topological polar surface area (TPSA) is 42.0 Å². The average molecular weight is 376 g/mol. The van der Waals surface area contributed by atoms with Gasteiger partial charge in [-0.2, -0.15) is 0 Å². The van der Waals surface area contributed by atoms with Crippen LogP contribution in [0.4, 0.5) is 14.5 Å². The van der Waals surface area contributed by atoms with Crippen molar-refractivity contribution in [3.63, 3.8) is 0 Å². The van der Waals surface area contributed by atoms with E-state index in [1.54, 1.807) is 6.07 Å². The Morgan fingerprint density at radius 1 is 1.29 bits per heavy atom. The van der Waals surface area contributed by atoms with Crippen molar-refractivity contribution in [2.24, 2.45) is 0 Å². The largest absolute Gasteiger partial charge is 0.319 e. The number of hydrogen-bond acceptors (Lipinski definition) is 2. The van der Waals surface area contributed by atoms with E-state index in [4.69, 9.17) is 11.6 Å². The molecule has 2 rings (SSSR count). The van der Waals surface area contributed by atoms with Crippen molar-refractivity contribution >= 4 is 39.1 Å². The first-order valence-electron chi connectivity index (χ1n) is 6.03. The molecule has 110 valence electrons. The maximum Gasteiger partial charge on any atom is 0.255 e. The molecule has 2 aromatic rings. The molecule has 1 heterocycles. The molecule has 1 N–H and O–H groups in total. The number of carbonyl (C=O) groups excluding carboxylic acids is 1. The van der Waals surface area contributed by atoms with Crippen molar-refractivity contribution in [1.82, 2.24) is 4.98 Å². The van der Waals surface area contributed by atoms with Crippen LogP contribution in [-0.2, 0) is 6.42 Å². The van der Waals surface area contributed by atoms with Crippen LogP contribution in [0.25, 0.3) is 0 Å². The molecular formula is C14H10BrClF2N2O. The first-order chi connectivity index (χ1) is 9.90. The number of amides is 1. The lowest BCUT2D eigenvalue weighted by Gasteiger charge is -2.08. The Morgan fingerprint density at radius 3 is 2.67 bits per heavy atom. The first-order valence-corrected chi connectivity index (χ1v) is 7.20. The van der Waals surface area contributed by atoms with Crippen molar-refractivity contribution in [3.8, 4) is 0 Å². The van der Waals surface area contributed by atoms with E-state index >= 15 is 0 Å². The lowest BCUT2D eigenvalue weighted by Crippen LogP contribution is -2.14. The van der Waals surface area contributed by atoms with E-state index in [-0.39, 0.29) is 20.9 Å². The fourth-order valence-electron chi connectivity index (χ4n) is 1.68. The van der Waals surface area contributed by atoms with E-state index in [2.05, 4.69) is 26.2 Å². The molecule has 7 heteroatoms. The molecule has 0 saturated heterocycles. The van der Waals surface area contributed by atoms with Gasteiger partial charge in [-0.25, -0.2) is 13.8 Å². The number of benzene rings is 1. The van der Waals surface area contributed by atoms with Crippen molar-refractivity contribution in [2.75, 3.05) is 5.32 Å². The van der Waals surface area contributed by atoms with Gasteiger partial charge < -0.3 is 5.32 Å². The maximum atomic E-state index is 13.7. The Kier molecular flexibility index (Phi) is 4.90. The van der Waals surface area contributed by atoms with E-state index in [1.165, 1.54) is 6.07 Å². The molecule has 0 atom stereocenters. The molecule has 1 amide bonds. The zero-order valence-electron chi connectivity index (χ0n) is 10.9. The monoisotopic (exact) mass is 374 g/mol. The normalized spacial score (nSPS) is 10.5. The summed E-state index contributed by atoms with van der Waals surface area (Å²) in [5, 5.41) is 2.48. The van der Waals surface area contributed by atoms with Crippen LogP contribution in [0.2, 0.25) is 5.15 Å². The van der Waals surface area contributed by atoms with Crippen LogP contribution in [-0.4, -0.2) is 10.9 Å². The van der Waals surface area contributed by atoms with Gasteiger partial charge in [0.05, 0.1) is 10.2 Å². The van der Waals surface area contributed by atoms with Gasteiger partial charge in [0.25, 0.3) is 5.91 Å². The summed E-state index contributed by atoms with van der Waals surface area (Å²) < 4.78 is 27.1. The summed E-state index contributed by atoms with van der Waals surface area (Å²) in [5.41, 5.74) is 0.622. The van der Waals surface area contributed by atoms with Gasteiger partial charge in [0.2, 0.25) is 0 Å². The minimum absolute atomic E-state index is 0.0155. The fourth-order valence-corrected chi connectivity index (χ4v) is 2.22. The van der Waals surface area contributed by atoms with Crippen LogP contribution in [0.3, 0.4) is 0 Å². The predicted octanol–water partition coefficient (Wildman–Crippen LogP) is 4.59. The number of hydrogen-bond donors (Lipinski definition) is 1. The molecular weight excluding hydrogens is 366 g/mol. The van der Waals surface area contributed by atoms with Gasteiger partial charge in [-0.05, 0) is 40.5 Å². The Bertz CT molecular complexity index is 710. The smallest absolute Gasteiger partial charge is 0.255 e. The minimum Gasteiger partial charge on any atom is -0.319 e. The lowest BCUT2D eigenvalue weighted by molar-refractivity contribution is 0.102. The van der Waals surface area contributed by atoms with Crippen molar-refractivity contribution < 1.29 is 13.6 Å². The zero-order valence-corrected chi connectivity index (χ0v) is 13.2. The highest BCUT2D eigenvalue weighted by Crippen LogP contribution is 2.24. The number of rotatable bonds is 3. The third-order valence-electron chi connectivity index (χ3n) is 2.73. The Balaban J connectivity index is 2.30. The quantitative estimate of drug-likeness (QED) is 0.630. The van der Waals surface area contributed by atoms with Crippen LogP contribution >= 0.6 is 27.5 Å². The first kappa shape index (κ1) is 15.9. The van der Waals surface area contributed by atoms with Crippen molar-refractivity contribution in [2.45, 2.75) is 13.3 Å². The number of halogens is 4. The molecule has 1 aromatic heterocycles. The second kappa shape index (κ2) is 6.49. The van der Waals surface area contributed by atoms with Gasteiger partial charge >= 0.3 is 0 Å². The molecule has 0 fully saturated rings. The number of nitrogens with zero attached hydrogens (tertiary/aromatic N) is 1. The van der Waals surface area contributed by atoms with Crippen LogP contribution < -0.4 is 5.32 Å². The summed E-state index contributed by atoms with van der Waals surface area (Å²) in [5.74, 6) is -2.00. The highest BCUT2D eigenvalue weighted by molar-refractivity contribution is 9.10. The Labute approximate surface area is 133 Å². The highest BCUT2D eigenvalue weighted by atomic mass is 79.9. The number of anilines is 1. The van der Waals surface area contributed by atoms with E-state index < -0.39 is 17.5 Å². The van der Waals surface area contributed by atoms with Gasteiger partial charge in [-0.1, -0.05) is 18.5 Å². The maximum absolute atomic E-state index is 13.7. The molecule has 0 saturated carbocycles. The second-order valence-corrected chi connectivity index (χ2v) is 5.47. The lowest BCUT2D eigenvalue weighted by atomic mass is 10.2. The number of nitrogens with one attached hydrogen (secondary N) is 1. The van der Waals surface area contributed by atoms with Crippen LogP contribution in [0, 0.1) is 11.6 Å². The Hall–Kier alpha value is -1.53. The summed E-state index contributed by atoms with van der Waals surface area (Å²) in [6.07, 6.45) is 0.599. The highest BCUT2D eigenvalue weighted by Gasteiger charge is 2.14. The molecule has 0 aliphatic carbocycles. The summed E-state index contributed by atoms with van der Waals surface area (Å²) in [7, 11) is 0. The zero-order chi connectivity index (χ0) is 15.6. The minimum atomic E-state index is -0.743. The predicted molar refractivity (Wildman–Crippen MR) is 80.6 cm³/mol. The Morgan fingerprint density at radius 2 is 2.00 bits per heavy atom. The molecule has 0 radical (unpaired) electrons. The summed E-state index contributed by atoms with van der Waals surface area (Å²) in [4.78, 5) is 16.1. The van der Waals surface area contributed by atoms with E-state index in [1.807, 2.05) is 6.92 Å². The average Bonchev–Trinajstić information content (AvgIpc) is 2.43.